The van der Waals surface area contributed by atoms with Crippen LogP contribution in [0.2, 0.25) is 0 Å². The van der Waals surface area contributed by atoms with Gasteiger partial charge in [0.1, 0.15) is 6.29 Å². The van der Waals surface area contributed by atoms with Gasteiger partial charge in [-0.3, -0.25) is 4.79 Å². The van der Waals surface area contributed by atoms with Crippen molar-refractivity contribution in [1.82, 2.24) is 0 Å². The van der Waals surface area contributed by atoms with Crippen LogP contribution in [0.3, 0.4) is 0 Å². The van der Waals surface area contributed by atoms with Crippen LogP contribution in [0.5, 0.6) is 0 Å². The molecule has 2 aromatic rings. The number of carbonyl (C=O) groups excluding carboxylic acids is 1. The van der Waals surface area contributed by atoms with Gasteiger partial charge in [0.2, 0.25) is 0 Å². The molecular formula is C23H22O. The average molecular weight is 314 g/mol. The van der Waals surface area contributed by atoms with Gasteiger partial charge in [-0.2, -0.15) is 0 Å². The Kier molecular flexibility index (Phi) is 3.93. The quantitative estimate of drug-likeness (QED) is 0.549. The third-order valence-corrected chi connectivity index (χ3v) is 5.44. The first-order chi connectivity index (χ1) is 11.9. The molecule has 0 saturated heterocycles. The summed E-state index contributed by atoms with van der Waals surface area (Å²) in [5.41, 5.74) is 6.51. The molecule has 2 saturated carbocycles. The van der Waals surface area contributed by atoms with Crippen LogP contribution in [0, 0.1) is 0 Å². The number of benzene rings is 2. The predicted octanol–water partition coefficient (Wildman–Crippen LogP) is 5.37. The maximum atomic E-state index is 11.3. The molecule has 0 atom stereocenters. The molecule has 0 N–H and O–H groups in total. The molecule has 1 heteroatoms. The van der Waals surface area contributed by atoms with Crippen LogP contribution >= 0.6 is 0 Å². The van der Waals surface area contributed by atoms with Crippen LogP contribution in [-0.2, 0) is 10.2 Å². The van der Waals surface area contributed by atoms with Crippen LogP contribution in [0.4, 0.5) is 0 Å². The van der Waals surface area contributed by atoms with Crippen LogP contribution in [0.1, 0.15) is 43.2 Å². The summed E-state index contributed by atoms with van der Waals surface area (Å²) in [7, 11) is 0. The standard InChI is InChI=1S/C23H22O/c24-17-16-21-22(18-10-4-1-5-11-18)23(21,19-12-6-2-7-13-19)20-14-8-3-9-15-20/h2-3,6-9,12-17H,1,4-5,10-11H2/b21-16-. The largest absolute Gasteiger partial charge is 0.299 e. The molecule has 2 aliphatic rings. The Morgan fingerprint density at radius 3 is 1.79 bits per heavy atom. The van der Waals surface area contributed by atoms with Crippen LogP contribution in [0.25, 0.3) is 0 Å². The van der Waals surface area contributed by atoms with Crippen molar-refractivity contribution in [3.8, 4) is 0 Å². The van der Waals surface area contributed by atoms with E-state index < -0.39 is 0 Å². The van der Waals surface area contributed by atoms with E-state index in [1.54, 1.807) is 11.6 Å². The van der Waals surface area contributed by atoms with E-state index in [4.69, 9.17) is 0 Å². The van der Waals surface area contributed by atoms with E-state index in [0.717, 1.165) is 6.29 Å². The van der Waals surface area contributed by atoms with Gasteiger partial charge in [0.15, 0.2) is 0 Å². The Labute approximate surface area is 143 Å². The minimum Gasteiger partial charge on any atom is -0.299 e. The van der Waals surface area contributed by atoms with Crippen molar-refractivity contribution < 1.29 is 4.79 Å². The summed E-state index contributed by atoms with van der Waals surface area (Å²) >= 11 is 0. The Bertz CT molecular complexity index is 749. The van der Waals surface area contributed by atoms with Crippen LogP contribution < -0.4 is 0 Å². The summed E-state index contributed by atoms with van der Waals surface area (Å²) in [6.45, 7) is 0. The summed E-state index contributed by atoms with van der Waals surface area (Å²) in [5.74, 6) is 0. The predicted molar refractivity (Wildman–Crippen MR) is 97.9 cm³/mol. The molecule has 0 unspecified atom stereocenters. The van der Waals surface area contributed by atoms with Crippen LogP contribution in [-0.4, -0.2) is 6.29 Å². The van der Waals surface area contributed by atoms with E-state index >= 15 is 0 Å². The molecule has 1 nitrogen and oxygen atoms in total. The SMILES string of the molecule is O=C/C=C1/C(=C2CCCCC2)C1(c1ccccc1)c1ccccc1. The first kappa shape index (κ1) is 15.1. The Morgan fingerprint density at radius 1 is 0.750 bits per heavy atom. The fourth-order valence-electron chi connectivity index (χ4n) is 4.40. The molecule has 120 valence electrons. The van der Waals surface area contributed by atoms with Crippen molar-refractivity contribution in [3.63, 3.8) is 0 Å². The summed E-state index contributed by atoms with van der Waals surface area (Å²) < 4.78 is 0. The topological polar surface area (TPSA) is 17.1 Å². The third-order valence-electron chi connectivity index (χ3n) is 5.44. The highest BCUT2D eigenvalue weighted by molar-refractivity contribution is 5.86. The normalized spacial score (nSPS) is 20.9. The summed E-state index contributed by atoms with van der Waals surface area (Å²) in [5, 5.41) is 0. The molecule has 2 aliphatic carbocycles. The lowest BCUT2D eigenvalue weighted by atomic mass is 9.84. The van der Waals surface area contributed by atoms with Gasteiger partial charge in [-0.1, -0.05) is 72.7 Å². The van der Waals surface area contributed by atoms with Gasteiger partial charge >= 0.3 is 0 Å². The fraction of sp³-hybridized carbons (Fsp3) is 0.261. The van der Waals surface area contributed by atoms with Crippen molar-refractivity contribution in [2.75, 3.05) is 0 Å². The van der Waals surface area contributed by atoms with Gasteiger partial charge in [-0.15, -0.1) is 0 Å². The van der Waals surface area contributed by atoms with Crippen LogP contribution in [0.15, 0.2) is 83.5 Å². The lowest BCUT2D eigenvalue weighted by molar-refractivity contribution is -0.104. The lowest BCUT2D eigenvalue weighted by Crippen LogP contribution is -2.11. The fourth-order valence-corrected chi connectivity index (χ4v) is 4.40. The minimum atomic E-state index is -0.212. The Hall–Kier alpha value is -2.41. The summed E-state index contributed by atoms with van der Waals surface area (Å²) in [6, 6.07) is 21.3. The second kappa shape index (κ2) is 6.24. The number of hydrogen-bond acceptors (Lipinski definition) is 1. The van der Waals surface area contributed by atoms with Gasteiger partial charge < -0.3 is 0 Å². The third kappa shape index (κ3) is 2.27. The molecule has 0 aromatic heterocycles. The number of allylic oxidation sites excluding steroid dienone is 4. The molecule has 4 rings (SSSR count). The molecule has 0 amide bonds. The van der Waals surface area contributed by atoms with E-state index in [0.29, 0.717) is 0 Å². The van der Waals surface area contributed by atoms with Gasteiger partial charge in [0.25, 0.3) is 0 Å². The highest BCUT2D eigenvalue weighted by atomic mass is 16.1. The molecule has 0 spiro atoms. The molecule has 0 heterocycles. The zero-order valence-corrected chi connectivity index (χ0v) is 13.9. The second-order valence-corrected chi connectivity index (χ2v) is 6.74. The lowest BCUT2D eigenvalue weighted by Gasteiger charge is -2.19. The Balaban J connectivity index is 1.97. The monoisotopic (exact) mass is 314 g/mol. The second-order valence-electron chi connectivity index (χ2n) is 6.74. The zero-order chi connectivity index (χ0) is 16.4. The van der Waals surface area contributed by atoms with Crippen molar-refractivity contribution in [2.45, 2.75) is 37.5 Å². The van der Waals surface area contributed by atoms with Gasteiger partial charge in [0.05, 0.1) is 5.41 Å². The number of hydrogen-bond donors (Lipinski definition) is 0. The van der Waals surface area contributed by atoms with E-state index in [2.05, 4.69) is 60.7 Å². The maximum absolute atomic E-state index is 11.3. The van der Waals surface area contributed by atoms with Gasteiger partial charge in [0, 0.05) is 0 Å². The first-order valence-electron chi connectivity index (χ1n) is 8.89. The van der Waals surface area contributed by atoms with Gasteiger partial charge in [-0.05, 0) is 54.0 Å². The molecule has 0 radical (unpaired) electrons. The van der Waals surface area contributed by atoms with Crippen molar-refractivity contribution in [1.29, 1.82) is 0 Å². The molecule has 0 bridgehead atoms. The molecule has 2 aromatic carbocycles. The minimum absolute atomic E-state index is 0.212. The highest BCUT2D eigenvalue weighted by Gasteiger charge is 2.58. The molecule has 2 fully saturated rings. The Morgan fingerprint density at radius 2 is 1.29 bits per heavy atom. The van der Waals surface area contributed by atoms with Crippen molar-refractivity contribution >= 4 is 6.29 Å². The molecule has 24 heavy (non-hydrogen) atoms. The van der Waals surface area contributed by atoms with E-state index in [1.807, 2.05) is 0 Å². The first-order valence-corrected chi connectivity index (χ1v) is 8.89. The molecule has 0 aliphatic heterocycles. The van der Waals surface area contributed by atoms with E-state index in [9.17, 15) is 4.79 Å². The highest BCUT2D eigenvalue weighted by Crippen LogP contribution is 2.65. The number of carbonyl (C=O) groups is 1. The van der Waals surface area contributed by atoms with Gasteiger partial charge in [-0.25, -0.2) is 0 Å². The average Bonchev–Trinajstić information content (AvgIpc) is 3.33. The van der Waals surface area contributed by atoms with Crippen molar-refractivity contribution in [3.05, 3.63) is 94.6 Å². The number of rotatable bonds is 3. The maximum Gasteiger partial charge on any atom is 0.143 e. The number of aldehydes is 1. The molecular weight excluding hydrogens is 292 g/mol. The summed E-state index contributed by atoms with van der Waals surface area (Å²) in [6.07, 6.45) is 8.95. The summed E-state index contributed by atoms with van der Waals surface area (Å²) in [4.78, 5) is 11.3. The smallest absolute Gasteiger partial charge is 0.143 e. The van der Waals surface area contributed by atoms with Crippen molar-refractivity contribution in [2.24, 2.45) is 0 Å². The van der Waals surface area contributed by atoms with E-state index in [-0.39, 0.29) is 5.41 Å². The zero-order valence-electron chi connectivity index (χ0n) is 13.9. The van der Waals surface area contributed by atoms with E-state index in [1.165, 1.54) is 54.4 Å².